The third kappa shape index (κ3) is 3.68. The second-order valence-corrected chi connectivity index (χ2v) is 7.93. The number of fused-ring (bicyclic) bond motifs is 1. The highest BCUT2D eigenvalue weighted by Crippen LogP contribution is 2.34. The normalized spacial score (nSPS) is 15.9. The van der Waals surface area contributed by atoms with Crippen molar-refractivity contribution in [2.75, 3.05) is 0 Å². The number of benzene rings is 1. The van der Waals surface area contributed by atoms with Crippen LogP contribution < -0.4 is 5.69 Å². The van der Waals surface area contributed by atoms with Crippen LogP contribution in [0.1, 0.15) is 13.3 Å². The van der Waals surface area contributed by atoms with E-state index in [1.165, 1.54) is 9.20 Å². The highest BCUT2D eigenvalue weighted by Gasteiger charge is 2.19. The summed E-state index contributed by atoms with van der Waals surface area (Å²) in [7, 11) is 0. The van der Waals surface area contributed by atoms with Crippen LogP contribution in [0.4, 0.5) is 0 Å². The van der Waals surface area contributed by atoms with Crippen LogP contribution in [0.25, 0.3) is 27.9 Å². The van der Waals surface area contributed by atoms with Crippen molar-refractivity contribution < 1.29 is 0 Å². The van der Waals surface area contributed by atoms with Crippen molar-refractivity contribution in [2.45, 2.75) is 25.9 Å². The van der Waals surface area contributed by atoms with Gasteiger partial charge in [-0.1, -0.05) is 29.8 Å². The first-order valence-corrected chi connectivity index (χ1v) is 10.4. The third-order valence-electron chi connectivity index (χ3n) is 5.29. The molecule has 7 nitrogen and oxygen atoms in total. The predicted octanol–water partition coefficient (Wildman–Crippen LogP) is 4.06. The van der Waals surface area contributed by atoms with Gasteiger partial charge in [0, 0.05) is 34.8 Å². The molecule has 4 heterocycles. The molecule has 0 spiro atoms. The van der Waals surface area contributed by atoms with Gasteiger partial charge in [0.2, 0.25) is 0 Å². The van der Waals surface area contributed by atoms with Gasteiger partial charge in [-0.25, -0.2) is 9.48 Å². The number of hydrogen-bond donors (Lipinski definition) is 0. The zero-order chi connectivity index (χ0) is 21.4. The maximum Gasteiger partial charge on any atom is 0.367 e. The quantitative estimate of drug-likeness (QED) is 0.489. The first-order chi connectivity index (χ1) is 15.1. The summed E-state index contributed by atoms with van der Waals surface area (Å²) in [4.78, 5) is 21.6. The van der Waals surface area contributed by atoms with E-state index in [-0.39, 0.29) is 11.7 Å². The Balaban J connectivity index is 1.70. The fraction of sp³-hybridized carbons (Fsp3) is 0.174. The predicted molar refractivity (Wildman–Crippen MR) is 122 cm³/mol. The number of halogens is 1. The molecule has 0 fully saturated rings. The van der Waals surface area contributed by atoms with Gasteiger partial charge in [-0.3, -0.25) is 9.98 Å². The van der Waals surface area contributed by atoms with Gasteiger partial charge in [0.15, 0.2) is 5.65 Å². The standard InChI is InChI=1S/C23H19ClN6O/c1-15-2-3-16(12-26-15)14-29-23(31)30-22(28-29)21(18-8-10-25-11-9-18)20(13-27-30)17-4-6-19(24)7-5-17/h3-13,15H,2,14H2,1H3. The average molecular weight is 431 g/mol. The Kier molecular flexibility index (Phi) is 4.95. The van der Waals surface area contributed by atoms with Crippen LogP contribution in [0.15, 0.2) is 76.4 Å². The van der Waals surface area contributed by atoms with Gasteiger partial charge in [-0.05, 0) is 54.3 Å². The monoisotopic (exact) mass is 430 g/mol. The maximum atomic E-state index is 13.0. The number of rotatable bonds is 4. The molecular weight excluding hydrogens is 412 g/mol. The van der Waals surface area contributed by atoms with Gasteiger partial charge >= 0.3 is 5.69 Å². The molecule has 0 radical (unpaired) electrons. The molecule has 1 aliphatic heterocycles. The number of dihydropyridines is 1. The van der Waals surface area contributed by atoms with Crippen LogP contribution in [-0.2, 0) is 6.54 Å². The minimum atomic E-state index is -0.291. The highest BCUT2D eigenvalue weighted by atomic mass is 35.5. The number of aromatic nitrogens is 5. The van der Waals surface area contributed by atoms with Gasteiger partial charge in [-0.2, -0.15) is 9.61 Å². The van der Waals surface area contributed by atoms with Crippen LogP contribution in [0.3, 0.4) is 0 Å². The smallest absolute Gasteiger partial charge is 0.289 e. The van der Waals surface area contributed by atoms with E-state index in [1.54, 1.807) is 18.6 Å². The second kappa shape index (κ2) is 7.92. The molecule has 0 amide bonds. The average Bonchev–Trinajstić information content (AvgIpc) is 3.11. The van der Waals surface area contributed by atoms with E-state index in [1.807, 2.05) is 42.6 Å². The Hall–Kier alpha value is -3.58. The number of nitrogens with zero attached hydrogens (tertiary/aromatic N) is 6. The summed E-state index contributed by atoms with van der Waals surface area (Å²) in [6.07, 6.45) is 9.91. The lowest BCUT2D eigenvalue weighted by atomic mass is 9.98. The molecule has 154 valence electrons. The first kappa shape index (κ1) is 19.4. The summed E-state index contributed by atoms with van der Waals surface area (Å²) >= 11 is 6.08. The molecule has 0 saturated carbocycles. The lowest BCUT2D eigenvalue weighted by Gasteiger charge is -2.11. The van der Waals surface area contributed by atoms with Crippen molar-refractivity contribution in [3.05, 3.63) is 82.1 Å². The highest BCUT2D eigenvalue weighted by molar-refractivity contribution is 6.30. The van der Waals surface area contributed by atoms with Crippen molar-refractivity contribution in [1.82, 2.24) is 24.4 Å². The van der Waals surface area contributed by atoms with Crippen LogP contribution in [0.2, 0.25) is 5.02 Å². The summed E-state index contributed by atoms with van der Waals surface area (Å²) in [6, 6.07) is 11.6. The summed E-state index contributed by atoms with van der Waals surface area (Å²) in [6.45, 7) is 2.41. The summed E-state index contributed by atoms with van der Waals surface area (Å²) in [5.74, 6) is 0. The molecule has 5 rings (SSSR count). The molecule has 1 unspecified atom stereocenters. The minimum absolute atomic E-state index is 0.267. The van der Waals surface area contributed by atoms with Crippen molar-refractivity contribution >= 4 is 23.5 Å². The van der Waals surface area contributed by atoms with Crippen molar-refractivity contribution in [3.8, 4) is 22.3 Å². The van der Waals surface area contributed by atoms with E-state index in [4.69, 9.17) is 11.6 Å². The third-order valence-corrected chi connectivity index (χ3v) is 5.54. The van der Waals surface area contributed by atoms with Gasteiger partial charge in [0.05, 0.1) is 18.8 Å². The van der Waals surface area contributed by atoms with E-state index in [2.05, 4.69) is 33.2 Å². The Morgan fingerprint density at radius 2 is 1.87 bits per heavy atom. The Bertz CT molecular complexity index is 1370. The molecule has 1 atom stereocenters. The zero-order valence-electron chi connectivity index (χ0n) is 16.8. The number of hydrogen-bond acceptors (Lipinski definition) is 5. The topological polar surface area (TPSA) is 77.4 Å². The molecule has 1 aromatic carbocycles. The van der Waals surface area contributed by atoms with E-state index >= 15 is 0 Å². The number of pyridine rings is 1. The van der Waals surface area contributed by atoms with E-state index in [9.17, 15) is 4.79 Å². The zero-order valence-corrected chi connectivity index (χ0v) is 17.6. The largest absolute Gasteiger partial charge is 0.367 e. The van der Waals surface area contributed by atoms with Gasteiger partial charge in [0.1, 0.15) is 0 Å². The molecule has 31 heavy (non-hydrogen) atoms. The molecule has 0 saturated heterocycles. The van der Waals surface area contributed by atoms with Crippen LogP contribution >= 0.6 is 11.6 Å². The SMILES string of the molecule is CC1CC=C(Cn2nc3c(-c4ccncc4)c(-c4ccc(Cl)cc4)cnn3c2=O)C=N1. The fourth-order valence-electron chi connectivity index (χ4n) is 3.65. The molecular formula is C23H19ClN6O. The number of aliphatic imine (C=N–C) groups is 1. The van der Waals surface area contributed by atoms with Crippen LogP contribution in [0, 0.1) is 0 Å². The van der Waals surface area contributed by atoms with Gasteiger partial charge < -0.3 is 0 Å². The second-order valence-electron chi connectivity index (χ2n) is 7.49. The fourth-order valence-corrected chi connectivity index (χ4v) is 3.78. The van der Waals surface area contributed by atoms with Crippen LogP contribution in [-0.4, -0.2) is 36.6 Å². The molecule has 3 aromatic heterocycles. The number of allylic oxidation sites excluding steroid dienone is 1. The molecule has 0 bridgehead atoms. The Morgan fingerprint density at radius 3 is 2.58 bits per heavy atom. The summed E-state index contributed by atoms with van der Waals surface area (Å²) in [5, 5.41) is 9.72. The van der Waals surface area contributed by atoms with E-state index in [0.29, 0.717) is 17.2 Å². The lowest BCUT2D eigenvalue weighted by Crippen LogP contribution is -2.24. The van der Waals surface area contributed by atoms with E-state index < -0.39 is 0 Å². The van der Waals surface area contributed by atoms with Gasteiger partial charge in [-0.15, -0.1) is 5.10 Å². The summed E-state index contributed by atoms with van der Waals surface area (Å²) in [5.41, 5.74) is 4.68. The first-order valence-electron chi connectivity index (χ1n) is 9.97. The Morgan fingerprint density at radius 1 is 1.10 bits per heavy atom. The lowest BCUT2D eigenvalue weighted by molar-refractivity contribution is 0.644. The molecule has 4 aromatic rings. The molecule has 8 heteroatoms. The molecule has 1 aliphatic rings. The van der Waals surface area contributed by atoms with Crippen LogP contribution in [0.5, 0.6) is 0 Å². The molecule has 0 N–H and O–H groups in total. The Labute approximate surface area is 183 Å². The molecule has 0 aliphatic carbocycles. The summed E-state index contributed by atoms with van der Waals surface area (Å²) < 4.78 is 2.78. The van der Waals surface area contributed by atoms with Gasteiger partial charge in [0.25, 0.3) is 0 Å². The minimum Gasteiger partial charge on any atom is -0.289 e. The van der Waals surface area contributed by atoms with Crippen molar-refractivity contribution in [1.29, 1.82) is 0 Å². The van der Waals surface area contributed by atoms with E-state index in [0.717, 1.165) is 34.2 Å². The van der Waals surface area contributed by atoms with Crippen molar-refractivity contribution in [2.24, 2.45) is 4.99 Å². The van der Waals surface area contributed by atoms with Crippen molar-refractivity contribution in [3.63, 3.8) is 0 Å². The maximum absolute atomic E-state index is 13.0.